The molecule has 7 heteroatoms. The number of aryl methyl sites for hydroxylation is 1. The van der Waals surface area contributed by atoms with Crippen LogP contribution in [0.1, 0.15) is 17.5 Å². The summed E-state index contributed by atoms with van der Waals surface area (Å²) in [7, 11) is 0. The molecule has 124 valence electrons. The van der Waals surface area contributed by atoms with Gasteiger partial charge in [0.25, 0.3) is 0 Å². The smallest absolute Gasteiger partial charge is 0.235 e. The monoisotopic (exact) mass is 350 g/mol. The molecule has 0 saturated heterocycles. The van der Waals surface area contributed by atoms with Crippen LogP contribution in [0.3, 0.4) is 0 Å². The third kappa shape index (κ3) is 2.44. The molecule has 0 spiro atoms. The van der Waals surface area contributed by atoms with Crippen LogP contribution in [0.15, 0.2) is 48.5 Å². The zero-order valence-electron chi connectivity index (χ0n) is 13.4. The first kappa shape index (κ1) is 14.4. The fourth-order valence-corrected chi connectivity index (χ4v) is 3.72. The van der Waals surface area contributed by atoms with Gasteiger partial charge in [0.1, 0.15) is 11.6 Å². The molecule has 4 aromatic rings. The minimum Gasteiger partial charge on any atom is -0.485 e. The lowest BCUT2D eigenvalue weighted by atomic mass is 10.1. The number of rotatable bonds is 2. The van der Waals surface area contributed by atoms with Gasteiger partial charge in [0.05, 0.1) is 0 Å². The molecule has 0 amide bonds. The summed E-state index contributed by atoms with van der Waals surface area (Å²) >= 11 is 1.51. The third-order valence-corrected chi connectivity index (χ3v) is 5.02. The van der Waals surface area contributed by atoms with Crippen LogP contribution < -0.4 is 9.47 Å². The Kier molecular flexibility index (Phi) is 3.21. The number of ether oxygens (including phenoxy) is 2. The first-order valence-electron chi connectivity index (χ1n) is 7.95. The molecule has 2 aromatic carbocycles. The van der Waals surface area contributed by atoms with E-state index in [0.29, 0.717) is 18.2 Å². The number of hydrogen-bond acceptors (Lipinski definition) is 6. The summed E-state index contributed by atoms with van der Waals surface area (Å²) in [5, 5.41) is 14.1. The van der Waals surface area contributed by atoms with E-state index in [0.717, 1.165) is 21.3 Å². The van der Waals surface area contributed by atoms with Crippen LogP contribution in [0.5, 0.6) is 11.5 Å². The highest BCUT2D eigenvalue weighted by atomic mass is 32.1. The molecule has 0 saturated carbocycles. The van der Waals surface area contributed by atoms with Gasteiger partial charge in [0, 0.05) is 5.56 Å². The van der Waals surface area contributed by atoms with Crippen molar-refractivity contribution >= 4 is 16.3 Å². The molecule has 3 heterocycles. The minimum atomic E-state index is -0.336. The van der Waals surface area contributed by atoms with Crippen molar-refractivity contribution in [1.82, 2.24) is 19.8 Å². The maximum absolute atomic E-state index is 6.03. The molecule has 2 aromatic heterocycles. The third-order valence-electron chi connectivity index (χ3n) is 4.08. The van der Waals surface area contributed by atoms with Gasteiger partial charge in [0.15, 0.2) is 23.4 Å². The summed E-state index contributed by atoms with van der Waals surface area (Å²) in [5.41, 5.74) is 2.27. The van der Waals surface area contributed by atoms with Gasteiger partial charge < -0.3 is 9.47 Å². The molecule has 0 fully saturated rings. The maximum Gasteiger partial charge on any atom is 0.235 e. The summed E-state index contributed by atoms with van der Waals surface area (Å²) in [6.07, 6.45) is -0.336. The van der Waals surface area contributed by atoms with Crippen molar-refractivity contribution in [2.24, 2.45) is 0 Å². The standard InChI is InChI=1S/C18H14N4O2S/c1-11-5-4-6-12(9-11)17-21-22-16(19-20-18(22)25-17)15-10-23-13-7-2-3-8-14(13)24-15/h2-9,15H,10H2,1H3/t15-/m1/s1. The van der Waals surface area contributed by atoms with Crippen molar-refractivity contribution in [3.05, 3.63) is 59.9 Å². The lowest BCUT2D eigenvalue weighted by Crippen LogP contribution is -2.23. The maximum atomic E-state index is 6.03. The average molecular weight is 350 g/mol. The predicted octanol–water partition coefficient (Wildman–Crippen LogP) is 3.67. The average Bonchev–Trinajstić information content (AvgIpc) is 3.22. The Morgan fingerprint density at radius 1 is 1.08 bits per heavy atom. The number of benzene rings is 2. The molecule has 1 aliphatic rings. The Morgan fingerprint density at radius 3 is 2.84 bits per heavy atom. The zero-order valence-corrected chi connectivity index (χ0v) is 14.2. The second kappa shape index (κ2) is 5.56. The van der Waals surface area contributed by atoms with Crippen LogP contribution in [0.2, 0.25) is 0 Å². The second-order valence-electron chi connectivity index (χ2n) is 5.89. The number of hydrogen-bond donors (Lipinski definition) is 0. The first-order valence-corrected chi connectivity index (χ1v) is 8.77. The molecule has 1 atom stereocenters. The van der Waals surface area contributed by atoms with Crippen LogP contribution in [0, 0.1) is 6.92 Å². The summed E-state index contributed by atoms with van der Waals surface area (Å²) < 4.78 is 13.6. The van der Waals surface area contributed by atoms with E-state index in [4.69, 9.17) is 9.47 Å². The number of nitrogens with zero attached hydrogens (tertiary/aromatic N) is 4. The molecule has 0 unspecified atom stereocenters. The summed E-state index contributed by atoms with van der Waals surface area (Å²) in [5.74, 6) is 2.11. The number of aromatic nitrogens is 4. The summed E-state index contributed by atoms with van der Waals surface area (Å²) in [6, 6.07) is 15.9. The van der Waals surface area contributed by atoms with Gasteiger partial charge in [-0.1, -0.05) is 47.2 Å². The molecule has 0 aliphatic carbocycles. The lowest BCUT2D eigenvalue weighted by molar-refractivity contribution is 0.0836. The molecular formula is C18H14N4O2S. The van der Waals surface area contributed by atoms with Crippen LogP contribution >= 0.6 is 11.3 Å². The van der Waals surface area contributed by atoms with Gasteiger partial charge >= 0.3 is 0 Å². The van der Waals surface area contributed by atoms with Crippen LogP contribution in [0.4, 0.5) is 0 Å². The predicted molar refractivity (Wildman–Crippen MR) is 94.1 cm³/mol. The van der Waals surface area contributed by atoms with E-state index in [1.54, 1.807) is 4.52 Å². The van der Waals surface area contributed by atoms with E-state index in [9.17, 15) is 0 Å². The van der Waals surface area contributed by atoms with E-state index in [1.807, 2.05) is 30.3 Å². The Balaban J connectivity index is 1.53. The highest BCUT2D eigenvalue weighted by Crippen LogP contribution is 2.36. The van der Waals surface area contributed by atoms with Gasteiger partial charge in [-0.05, 0) is 25.1 Å². The van der Waals surface area contributed by atoms with Gasteiger partial charge in [-0.3, -0.25) is 0 Å². The van der Waals surface area contributed by atoms with Gasteiger partial charge in [-0.25, -0.2) is 0 Å². The normalized spacial score (nSPS) is 16.3. The van der Waals surface area contributed by atoms with Crippen molar-refractivity contribution in [2.75, 3.05) is 6.61 Å². The van der Waals surface area contributed by atoms with Crippen molar-refractivity contribution < 1.29 is 9.47 Å². The summed E-state index contributed by atoms with van der Waals surface area (Å²) in [6.45, 7) is 2.45. The van der Waals surface area contributed by atoms with E-state index in [2.05, 4.69) is 40.4 Å². The van der Waals surface area contributed by atoms with Crippen molar-refractivity contribution in [3.8, 4) is 22.1 Å². The lowest BCUT2D eigenvalue weighted by Gasteiger charge is -2.24. The Bertz CT molecular complexity index is 1070. The zero-order chi connectivity index (χ0) is 16.8. The molecule has 25 heavy (non-hydrogen) atoms. The molecule has 6 nitrogen and oxygen atoms in total. The van der Waals surface area contributed by atoms with E-state index >= 15 is 0 Å². The summed E-state index contributed by atoms with van der Waals surface area (Å²) in [4.78, 5) is 0.744. The minimum absolute atomic E-state index is 0.336. The van der Waals surface area contributed by atoms with E-state index in [-0.39, 0.29) is 6.10 Å². The van der Waals surface area contributed by atoms with Crippen molar-refractivity contribution in [1.29, 1.82) is 0 Å². The number of para-hydroxylation sites is 2. The number of fused-ring (bicyclic) bond motifs is 2. The second-order valence-corrected chi connectivity index (χ2v) is 6.85. The van der Waals surface area contributed by atoms with E-state index in [1.165, 1.54) is 16.9 Å². The molecular weight excluding hydrogens is 336 g/mol. The van der Waals surface area contributed by atoms with Crippen molar-refractivity contribution in [3.63, 3.8) is 0 Å². The molecule has 0 radical (unpaired) electrons. The Morgan fingerprint density at radius 2 is 1.96 bits per heavy atom. The SMILES string of the molecule is Cc1cccc(-c2nn3c([C@H]4COc5ccccc5O4)nnc3s2)c1. The fraction of sp³-hybridized carbons (Fsp3) is 0.167. The van der Waals surface area contributed by atoms with Crippen LogP contribution in [-0.2, 0) is 0 Å². The Hall–Kier alpha value is -2.93. The molecule has 5 rings (SSSR count). The van der Waals surface area contributed by atoms with Gasteiger partial charge in [0.2, 0.25) is 4.96 Å². The van der Waals surface area contributed by atoms with Gasteiger partial charge in [-0.2, -0.15) is 9.61 Å². The molecule has 1 aliphatic heterocycles. The highest BCUT2D eigenvalue weighted by molar-refractivity contribution is 7.19. The van der Waals surface area contributed by atoms with Crippen molar-refractivity contribution in [2.45, 2.75) is 13.0 Å². The van der Waals surface area contributed by atoms with Crippen LogP contribution in [0.25, 0.3) is 15.5 Å². The van der Waals surface area contributed by atoms with Gasteiger partial charge in [-0.15, -0.1) is 10.2 Å². The largest absolute Gasteiger partial charge is 0.485 e. The molecule has 0 N–H and O–H groups in total. The Labute approximate surface area is 147 Å². The quantitative estimate of drug-likeness (QED) is 0.552. The topological polar surface area (TPSA) is 61.5 Å². The molecule has 0 bridgehead atoms. The first-order chi connectivity index (χ1) is 12.3. The van der Waals surface area contributed by atoms with E-state index < -0.39 is 0 Å². The highest BCUT2D eigenvalue weighted by Gasteiger charge is 2.28. The fourth-order valence-electron chi connectivity index (χ4n) is 2.87. The van der Waals surface area contributed by atoms with Crippen LogP contribution in [-0.4, -0.2) is 26.4 Å².